The smallest absolute Gasteiger partial charge is 0.265 e. The van der Waals surface area contributed by atoms with Gasteiger partial charge >= 0.3 is 0 Å². The van der Waals surface area contributed by atoms with E-state index in [1.165, 1.54) is 0 Å². The summed E-state index contributed by atoms with van der Waals surface area (Å²) in [7, 11) is -3.75. The van der Waals surface area contributed by atoms with Crippen LogP contribution in [0.3, 0.4) is 0 Å². The molecule has 0 aromatic rings. The van der Waals surface area contributed by atoms with Gasteiger partial charge in [0.1, 0.15) is 0 Å². The zero-order valence-electron chi connectivity index (χ0n) is 4.53. The molecule has 0 amide bonds. The number of hydrogen-bond donors (Lipinski definition) is 2. The normalized spacial score (nSPS) is 10.2. The Morgan fingerprint density at radius 2 is 1.88 bits per heavy atom. The standard InChI is InChI=1S/C2H6O3S2.K/c3-7(4,5)2-1-6;/h6H,1-2H2,(H,3,4,5);. The maximum Gasteiger partial charge on any atom is 0.265 e. The molecule has 0 unspecified atom stereocenters. The molecule has 0 spiro atoms. The van der Waals surface area contributed by atoms with Crippen LogP contribution >= 0.6 is 12.6 Å². The molecule has 8 heavy (non-hydrogen) atoms. The fourth-order valence-electron chi connectivity index (χ4n) is 0.115. The van der Waals surface area contributed by atoms with E-state index in [9.17, 15) is 8.42 Å². The summed E-state index contributed by atoms with van der Waals surface area (Å²) in [5.74, 6) is -0.102. The van der Waals surface area contributed by atoms with Crippen LogP contribution < -0.4 is 0 Å². The molecule has 0 bridgehead atoms. The van der Waals surface area contributed by atoms with E-state index in [1.807, 2.05) is 0 Å². The van der Waals surface area contributed by atoms with E-state index in [0.29, 0.717) is 0 Å². The van der Waals surface area contributed by atoms with Crippen LogP contribution in [0.5, 0.6) is 0 Å². The van der Waals surface area contributed by atoms with Gasteiger partial charge in [0.25, 0.3) is 10.1 Å². The van der Waals surface area contributed by atoms with Crippen molar-refractivity contribution in [3.63, 3.8) is 0 Å². The van der Waals surface area contributed by atoms with Gasteiger partial charge in [0, 0.05) is 57.1 Å². The zero-order valence-corrected chi connectivity index (χ0v) is 9.37. The molecule has 0 aliphatic heterocycles. The molecule has 0 aromatic heterocycles. The first kappa shape index (κ1) is 12.6. The molecule has 0 aromatic carbocycles. The van der Waals surface area contributed by atoms with Crippen molar-refractivity contribution >= 4 is 74.1 Å². The van der Waals surface area contributed by atoms with Crippen molar-refractivity contribution in [2.24, 2.45) is 0 Å². The van der Waals surface area contributed by atoms with Crippen molar-refractivity contribution in [2.45, 2.75) is 0 Å². The van der Waals surface area contributed by atoms with Crippen LogP contribution in [-0.4, -0.2) is 75.9 Å². The van der Waals surface area contributed by atoms with Crippen LogP contribution in [0, 0.1) is 0 Å². The molecule has 6 heteroatoms. The third-order valence-corrected chi connectivity index (χ3v) is 1.60. The predicted octanol–water partition coefficient (Wildman–Crippen LogP) is -0.577. The first-order chi connectivity index (χ1) is 3.06. The van der Waals surface area contributed by atoms with Crippen molar-refractivity contribution < 1.29 is 13.0 Å². The van der Waals surface area contributed by atoms with Gasteiger partial charge in [-0.15, -0.1) is 0 Å². The Kier molecular flexibility index (Phi) is 8.89. The van der Waals surface area contributed by atoms with Gasteiger partial charge in [-0.2, -0.15) is 21.0 Å². The van der Waals surface area contributed by atoms with Gasteiger partial charge in [-0.25, -0.2) is 0 Å². The topological polar surface area (TPSA) is 54.4 Å². The maximum atomic E-state index is 9.74. The average Bonchev–Trinajstić information content (AvgIpc) is 1.30. The molecule has 0 aliphatic carbocycles. The van der Waals surface area contributed by atoms with Gasteiger partial charge in [0.2, 0.25) is 0 Å². The average molecular weight is 181 g/mol. The fourth-order valence-corrected chi connectivity index (χ4v) is 1.04. The van der Waals surface area contributed by atoms with E-state index >= 15 is 0 Å². The minimum Gasteiger partial charge on any atom is -0.286 e. The Morgan fingerprint density at radius 1 is 1.50 bits per heavy atom. The van der Waals surface area contributed by atoms with Crippen LogP contribution in [0.15, 0.2) is 0 Å². The van der Waals surface area contributed by atoms with E-state index in [0.717, 1.165) is 0 Å². The number of rotatable bonds is 2. The van der Waals surface area contributed by atoms with Crippen molar-refractivity contribution in [2.75, 3.05) is 11.5 Å². The summed E-state index contributed by atoms with van der Waals surface area (Å²) in [6.45, 7) is 0. The van der Waals surface area contributed by atoms with Crippen molar-refractivity contribution in [3.05, 3.63) is 0 Å². The zero-order chi connectivity index (χ0) is 5.91. The summed E-state index contributed by atoms with van der Waals surface area (Å²) in [6, 6.07) is 0. The third-order valence-electron chi connectivity index (χ3n) is 0.349. The minimum absolute atomic E-state index is 0. The molecular weight excluding hydrogens is 175 g/mol. The Hall–Kier alpha value is 1.90. The molecule has 0 heterocycles. The molecule has 0 saturated heterocycles. The summed E-state index contributed by atoms with van der Waals surface area (Å²) in [5.41, 5.74) is 0. The molecule has 45 valence electrons. The summed E-state index contributed by atoms with van der Waals surface area (Å²) in [5, 5.41) is 0. The van der Waals surface area contributed by atoms with E-state index in [2.05, 4.69) is 12.6 Å². The van der Waals surface area contributed by atoms with E-state index < -0.39 is 10.1 Å². The van der Waals surface area contributed by atoms with Crippen LogP contribution in [0.25, 0.3) is 0 Å². The van der Waals surface area contributed by atoms with Crippen molar-refractivity contribution in [1.29, 1.82) is 0 Å². The maximum absolute atomic E-state index is 9.74. The summed E-state index contributed by atoms with van der Waals surface area (Å²) in [6.07, 6.45) is 0. The number of hydrogen-bond acceptors (Lipinski definition) is 3. The van der Waals surface area contributed by atoms with Crippen molar-refractivity contribution in [3.8, 4) is 0 Å². The van der Waals surface area contributed by atoms with Gasteiger partial charge in [0.15, 0.2) is 0 Å². The minimum atomic E-state index is -3.75. The molecular formula is C2H6KO3S2. The summed E-state index contributed by atoms with van der Waals surface area (Å²) in [4.78, 5) is 0. The molecule has 1 N–H and O–H groups in total. The third kappa shape index (κ3) is 10.8. The van der Waals surface area contributed by atoms with Crippen LogP contribution in [0.2, 0.25) is 0 Å². The van der Waals surface area contributed by atoms with Crippen molar-refractivity contribution in [1.82, 2.24) is 0 Å². The Morgan fingerprint density at radius 3 is 1.88 bits per heavy atom. The molecule has 0 rings (SSSR count). The fraction of sp³-hybridized carbons (Fsp3) is 1.00. The van der Waals surface area contributed by atoms with Gasteiger partial charge in [-0.1, -0.05) is 0 Å². The Bertz CT molecular complexity index is 128. The quantitative estimate of drug-likeness (QED) is 0.340. The van der Waals surface area contributed by atoms with Gasteiger partial charge in [-0.05, 0) is 0 Å². The van der Waals surface area contributed by atoms with Gasteiger partial charge < -0.3 is 0 Å². The second-order valence-corrected chi connectivity index (χ2v) is 3.03. The van der Waals surface area contributed by atoms with Gasteiger partial charge in [-0.3, -0.25) is 4.55 Å². The van der Waals surface area contributed by atoms with Gasteiger partial charge in [0.05, 0.1) is 5.75 Å². The first-order valence-corrected chi connectivity index (χ1v) is 3.86. The van der Waals surface area contributed by atoms with Crippen LogP contribution in [0.4, 0.5) is 0 Å². The molecule has 0 fully saturated rings. The van der Waals surface area contributed by atoms with E-state index in [4.69, 9.17) is 4.55 Å². The second kappa shape index (κ2) is 5.66. The predicted molar refractivity (Wildman–Crippen MR) is 36.0 cm³/mol. The summed E-state index contributed by atoms with van der Waals surface area (Å²) >= 11 is 3.57. The monoisotopic (exact) mass is 181 g/mol. The Labute approximate surface area is 96.8 Å². The largest absolute Gasteiger partial charge is 0.286 e. The summed E-state index contributed by atoms with van der Waals surface area (Å²) < 4.78 is 27.4. The molecule has 0 atom stereocenters. The van der Waals surface area contributed by atoms with E-state index in [1.54, 1.807) is 0 Å². The van der Waals surface area contributed by atoms with Crippen LogP contribution in [-0.2, 0) is 10.1 Å². The van der Waals surface area contributed by atoms with Crippen LogP contribution in [0.1, 0.15) is 0 Å². The second-order valence-electron chi connectivity index (χ2n) is 1.01. The molecule has 0 aliphatic rings. The first-order valence-electron chi connectivity index (χ1n) is 1.62. The molecule has 0 saturated carbocycles. The molecule has 3 nitrogen and oxygen atoms in total. The van der Waals surface area contributed by atoms with E-state index in [-0.39, 0.29) is 62.9 Å². The Balaban J connectivity index is 0. The number of thiol groups is 1. The SMILES string of the molecule is O=S(=O)(O)CCS.[K]. The molecule has 1 radical (unpaired) electrons.